The van der Waals surface area contributed by atoms with Crippen LogP contribution in [0, 0.1) is 0 Å². The predicted octanol–water partition coefficient (Wildman–Crippen LogP) is 3.46. The molecule has 2 N–H and O–H groups in total. The Hall–Kier alpha value is -1.13. The maximum atomic E-state index is 4.22. The van der Waals surface area contributed by atoms with Crippen LogP contribution in [0.3, 0.4) is 0 Å². The maximum Gasteiger partial charge on any atom is 0.107 e. The van der Waals surface area contributed by atoms with Gasteiger partial charge in [-0.25, -0.2) is 4.98 Å². The predicted molar refractivity (Wildman–Crippen MR) is 77.5 cm³/mol. The van der Waals surface area contributed by atoms with Crippen molar-refractivity contribution < 1.29 is 0 Å². The van der Waals surface area contributed by atoms with E-state index in [1.807, 2.05) is 6.20 Å². The van der Waals surface area contributed by atoms with E-state index in [0.717, 1.165) is 29.7 Å². The molecule has 0 aliphatic heterocycles. The van der Waals surface area contributed by atoms with Crippen LogP contribution in [0.4, 0.5) is 0 Å². The zero-order valence-corrected chi connectivity index (χ0v) is 12.1. The molecule has 2 aromatic rings. The second-order valence-electron chi connectivity index (χ2n) is 4.26. The van der Waals surface area contributed by atoms with Gasteiger partial charge in [0.05, 0.1) is 0 Å². The maximum absolute atomic E-state index is 4.22. The number of nitrogens with one attached hydrogen (secondary N) is 2. The standard InChI is InChI=1S/C14H18BrN3/c1-2-13(11-4-3-5-12(15)10-11)16-7-6-14-17-8-9-18-14/h3-5,8-10,13,16H,2,6-7H2,1H3,(H,17,18). The third-order valence-corrected chi connectivity index (χ3v) is 3.46. The second kappa shape index (κ2) is 6.71. The summed E-state index contributed by atoms with van der Waals surface area (Å²) < 4.78 is 1.13. The summed E-state index contributed by atoms with van der Waals surface area (Å²) in [5.41, 5.74) is 1.33. The highest BCUT2D eigenvalue weighted by atomic mass is 79.9. The fourth-order valence-corrected chi connectivity index (χ4v) is 2.44. The van der Waals surface area contributed by atoms with Gasteiger partial charge in [0, 0.05) is 35.9 Å². The van der Waals surface area contributed by atoms with Crippen LogP contribution in [0.25, 0.3) is 0 Å². The first-order chi connectivity index (χ1) is 8.79. The van der Waals surface area contributed by atoms with Crippen LogP contribution in [0.2, 0.25) is 0 Å². The van der Waals surface area contributed by atoms with Gasteiger partial charge in [0.15, 0.2) is 0 Å². The van der Waals surface area contributed by atoms with Gasteiger partial charge in [-0.3, -0.25) is 0 Å². The van der Waals surface area contributed by atoms with E-state index >= 15 is 0 Å². The Labute approximate surface area is 116 Å². The van der Waals surface area contributed by atoms with Gasteiger partial charge in [-0.1, -0.05) is 35.0 Å². The fourth-order valence-electron chi connectivity index (χ4n) is 2.02. The summed E-state index contributed by atoms with van der Waals surface area (Å²) >= 11 is 3.52. The average Bonchev–Trinajstić information content (AvgIpc) is 2.88. The SMILES string of the molecule is CCC(NCCc1ncc[nH]1)c1cccc(Br)c1. The Bertz CT molecular complexity index is 468. The van der Waals surface area contributed by atoms with Crippen LogP contribution in [0.1, 0.15) is 30.8 Å². The lowest BCUT2D eigenvalue weighted by Gasteiger charge is -2.17. The highest BCUT2D eigenvalue weighted by Crippen LogP contribution is 2.20. The monoisotopic (exact) mass is 307 g/mol. The van der Waals surface area contributed by atoms with Gasteiger partial charge in [0.1, 0.15) is 5.82 Å². The average molecular weight is 308 g/mol. The highest BCUT2D eigenvalue weighted by molar-refractivity contribution is 9.10. The fraction of sp³-hybridized carbons (Fsp3) is 0.357. The molecule has 3 nitrogen and oxygen atoms in total. The van der Waals surface area contributed by atoms with Crippen molar-refractivity contribution in [2.24, 2.45) is 0 Å². The summed E-state index contributed by atoms with van der Waals surface area (Å²) in [6.45, 7) is 3.13. The van der Waals surface area contributed by atoms with Crippen molar-refractivity contribution in [2.75, 3.05) is 6.54 Å². The number of rotatable bonds is 6. The molecule has 1 aromatic carbocycles. The number of nitrogens with zero attached hydrogens (tertiary/aromatic N) is 1. The minimum Gasteiger partial charge on any atom is -0.349 e. The molecule has 0 amide bonds. The molecule has 1 aromatic heterocycles. The normalized spacial score (nSPS) is 12.6. The lowest BCUT2D eigenvalue weighted by molar-refractivity contribution is 0.519. The molecule has 1 unspecified atom stereocenters. The number of imidazole rings is 1. The van der Waals surface area contributed by atoms with Crippen LogP contribution in [-0.4, -0.2) is 16.5 Å². The topological polar surface area (TPSA) is 40.7 Å². The quantitative estimate of drug-likeness (QED) is 0.858. The third kappa shape index (κ3) is 3.68. The van der Waals surface area contributed by atoms with E-state index in [1.165, 1.54) is 5.56 Å². The zero-order chi connectivity index (χ0) is 12.8. The van der Waals surface area contributed by atoms with Gasteiger partial charge in [-0.2, -0.15) is 0 Å². The number of aromatic nitrogens is 2. The van der Waals surface area contributed by atoms with Crippen molar-refractivity contribution in [3.05, 3.63) is 52.5 Å². The van der Waals surface area contributed by atoms with Gasteiger partial charge in [-0.05, 0) is 24.1 Å². The number of aromatic amines is 1. The van der Waals surface area contributed by atoms with Crippen LogP contribution < -0.4 is 5.32 Å². The van der Waals surface area contributed by atoms with E-state index in [1.54, 1.807) is 6.20 Å². The van der Waals surface area contributed by atoms with E-state index in [0.29, 0.717) is 6.04 Å². The first kappa shape index (κ1) is 13.3. The molecule has 0 aliphatic carbocycles. The number of hydrogen-bond acceptors (Lipinski definition) is 2. The van der Waals surface area contributed by atoms with E-state index in [-0.39, 0.29) is 0 Å². The molecule has 18 heavy (non-hydrogen) atoms. The molecule has 0 fully saturated rings. The highest BCUT2D eigenvalue weighted by Gasteiger charge is 2.08. The van der Waals surface area contributed by atoms with Crippen molar-refractivity contribution in [3.63, 3.8) is 0 Å². The van der Waals surface area contributed by atoms with Crippen LogP contribution in [0.5, 0.6) is 0 Å². The molecule has 1 heterocycles. The molecule has 4 heteroatoms. The van der Waals surface area contributed by atoms with Gasteiger partial charge in [0.2, 0.25) is 0 Å². The zero-order valence-electron chi connectivity index (χ0n) is 10.5. The Morgan fingerprint density at radius 1 is 1.44 bits per heavy atom. The van der Waals surface area contributed by atoms with E-state index in [2.05, 4.69) is 62.4 Å². The molecule has 0 spiro atoms. The van der Waals surface area contributed by atoms with E-state index in [9.17, 15) is 0 Å². The Morgan fingerprint density at radius 3 is 3.00 bits per heavy atom. The molecule has 0 saturated heterocycles. The summed E-state index contributed by atoms with van der Waals surface area (Å²) in [6, 6.07) is 8.87. The first-order valence-electron chi connectivity index (χ1n) is 6.26. The Morgan fingerprint density at radius 2 is 2.33 bits per heavy atom. The summed E-state index contributed by atoms with van der Waals surface area (Å²) in [4.78, 5) is 7.34. The minimum absolute atomic E-state index is 0.400. The molecular formula is C14H18BrN3. The van der Waals surface area contributed by atoms with Crippen molar-refractivity contribution >= 4 is 15.9 Å². The summed E-state index contributed by atoms with van der Waals surface area (Å²) in [5.74, 6) is 1.03. The van der Waals surface area contributed by atoms with E-state index in [4.69, 9.17) is 0 Å². The van der Waals surface area contributed by atoms with Gasteiger partial charge in [0.25, 0.3) is 0 Å². The molecule has 1 atom stereocenters. The van der Waals surface area contributed by atoms with Gasteiger partial charge in [-0.15, -0.1) is 0 Å². The lowest BCUT2D eigenvalue weighted by atomic mass is 10.0. The molecule has 0 saturated carbocycles. The second-order valence-corrected chi connectivity index (χ2v) is 5.17. The lowest BCUT2D eigenvalue weighted by Crippen LogP contribution is -2.23. The Kier molecular flexibility index (Phi) is 4.96. The van der Waals surface area contributed by atoms with Crippen molar-refractivity contribution in [2.45, 2.75) is 25.8 Å². The minimum atomic E-state index is 0.400. The molecule has 2 rings (SSSR count). The van der Waals surface area contributed by atoms with Crippen molar-refractivity contribution in [1.82, 2.24) is 15.3 Å². The van der Waals surface area contributed by atoms with Crippen LogP contribution >= 0.6 is 15.9 Å². The number of hydrogen-bond donors (Lipinski definition) is 2. The molecule has 96 valence electrons. The smallest absolute Gasteiger partial charge is 0.107 e. The summed E-state index contributed by atoms with van der Waals surface area (Å²) in [6.07, 6.45) is 5.66. The first-order valence-corrected chi connectivity index (χ1v) is 7.06. The largest absolute Gasteiger partial charge is 0.349 e. The third-order valence-electron chi connectivity index (χ3n) is 2.97. The van der Waals surface area contributed by atoms with Gasteiger partial charge >= 0.3 is 0 Å². The number of halogens is 1. The van der Waals surface area contributed by atoms with E-state index < -0.39 is 0 Å². The van der Waals surface area contributed by atoms with Crippen LogP contribution in [0.15, 0.2) is 41.1 Å². The molecule has 0 bridgehead atoms. The summed E-state index contributed by atoms with van der Waals surface area (Å²) in [5, 5.41) is 3.57. The summed E-state index contributed by atoms with van der Waals surface area (Å²) in [7, 11) is 0. The molecule has 0 radical (unpaired) electrons. The van der Waals surface area contributed by atoms with Gasteiger partial charge < -0.3 is 10.3 Å². The van der Waals surface area contributed by atoms with Crippen LogP contribution in [-0.2, 0) is 6.42 Å². The molecular weight excluding hydrogens is 290 g/mol. The molecule has 0 aliphatic rings. The number of benzene rings is 1. The van der Waals surface area contributed by atoms with Crippen molar-refractivity contribution in [1.29, 1.82) is 0 Å². The number of H-pyrrole nitrogens is 1. The Balaban J connectivity index is 1.89. The van der Waals surface area contributed by atoms with Crippen molar-refractivity contribution in [3.8, 4) is 0 Å².